The summed E-state index contributed by atoms with van der Waals surface area (Å²) < 4.78 is 0. The second kappa shape index (κ2) is 8.52. The Morgan fingerprint density at radius 2 is 1.62 bits per heavy atom. The lowest BCUT2D eigenvalue weighted by molar-refractivity contribution is 0.166. The lowest BCUT2D eigenvalue weighted by Gasteiger charge is -2.33. The number of benzene rings is 1. The molecule has 0 aliphatic rings. The molecule has 1 rings (SSSR count). The fourth-order valence-electron chi connectivity index (χ4n) is 3.07. The summed E-state index contributed by atoms with van der Waals surface area (Å²) in [6.07, 6.45) is 0. The largest absolute Gasteiger partial charge is 0.312 e. The van der Waals surface area contributed by atoms with E-state index >= 15 is 0 Å². The maximum atomic E-state index is 3.49. The van der Waals surface area contributed by atoms with Gasteiger partial charge in [0.25, 0.3) is 0 Å². The highest BCUT2D eigenvalue weighted by atomic mass is 15.2. The average molecular weight is 291 g/mol. The van der Waals surface area contributed by atoms with Crippen LogP contribution in [0.15, 0.2) is 18.2 Å². The van der Waals surface area contributed by atoms with Crippen LogP contribution in [0.2, 0.25) is 0 Å². The molecule has 0 saturated carbocycles. The number of nitrogens with zero attached hydrogens (tertiary/aromatic N) is 2. The van der Waals surface area contributed by atoms with E-state index in [1.807, 2.05) is 0 Å². The van der Waals surface area contributed by atoms with Gasteiger partial charge in [-0.2, -0.15) is 0 Å². The van der Waals surface area contributed by atoms with Gasteiger partial charge in [0.2, 0.25) is 0 Å². The normalized spacial score (nSPS) is 14.7. The van der Waals surface area contributed by atoms with E-state index in [4.69, 9.17) is 0 Å². The Kier molecular flexibility index (Phi) is 7.36. The highest BCUT2D eigenvalue weighted by Crippen LogP contribution is 2.19. The van der Waals surface area contributed by atoms with Gasteiger partial charge < -0.3 is 10.2 Å². The molecule has 1 aromatic rings. The fourth-order valence-corrected chi connectivity index (χ4v) is 3.07. The zero-order chi connectivity index (χ0) is 16.0. The Bertz CT molecular complexity index is 408. The summed E-state index contributed by atoms with van der Waals surface area (Å²) in [5.74, 6) is 0. The van der Waals surface area contributed by atoms with Crippen LogP contribution in [0.25, 0.3) is 0 Å². The Labute approximate surface area is 131 Å². The topological polar surface area (TPSA) is 18.5 Å². The van der Waals surface area contributed by atoms with Crippen LogP contribution in [0.4, 0.5) is 0 Å². The average Bonchev–Trinajstić information content (AvgIpc) is 2.37. The van der Waals surface area contributed by atoms with Crippen LogP contribution in [0, 0.1) is 13.8 Å². The summed E-state index contributed by atoms with van der Waals surface area (Å²) in [6.45, 7) is 12.1. The Balaban J connectivity index is 2.83. The van der Waals surface area contributed by atoms with Crippen molar-refractivity contribution < 1.29 is 0 Å². The highest BCUT2D eigenvalue weighted by Gasteiger charge is 2.18. The first-order chi connectivity index (χ1) is 9.87. The molecule has 0 heterocycles. The molecular weight excluding hydrogens is 258 g/mol. The van der Waals surface area contributed by atoms with E-state index in [0.717, 1.165) is 19.6 Å². The van der Waals surface area contributed by atoms with Crippen LogP contribution in [0.1, 0.15) is 36.6 Å². The number of likely N-dealkylation sites (N-methyl/N-ethyl adjacent to an activating group) is 3. The molecule has 2 atom stereocenters. The molecule has 0 amide bonds. The van der Waals surface area contributed by atoms with E-state index in [9.17, 15) is 0 Å². The SMILES string of the molecule is CCN(CC(NC)c1cc(C)cc(C)c1)C(C)CN(C)C. The minimum Gasteiger partial charge on any atom is -0.312 e. The van der Waals surface area contributed by atoms with Crippen molar-refractivity contribution in [1.29, 1.82) is 0 Å². The van der Waals surface area contributed by atoms with Crippen LogP contribution in [-0.2, 0) is 0 Å². The van der Waals surface area contributed by atoms with Crippen molar-refractivity contribution in [1.82, 2.24) is 15.1 Å². The van der Waals surface area contributed by atoms with Gasteiger partial charge in [-0.3, -0.25) is 4.90 Å². The smallest absolute Gasteiger partial charge is 0.0447 e. The summed E-state index contributed by atoms with van der Waals surface area (Å²) in [6, 6.07) is 7.79. The predicted molar refractivity (Wildman–Crippen MR) is 93.0 cm³/mol. The van der Waals surface area contributed by atoms with Crippen LogP contribution < -0.4 is 5.32 Å². The molecule has 0 spiro atoms. The van der Waals surface area contributed by atoms with Gasteiger partial charge in [0.15, 0.2) is 0 Å². The van der Waals surface area contributed by atoms with Gasteiger partial charge in [-0.15, -0.1) is 0 Å². The molecule has 0 aliphatic carbocycles. The first kappa shape index (κ1) is 18.1. The summed E-state index contributed by atoms with van der Waals surface area (Å²) in [4.78, 5) is 4.82. The predicted octanol–water partition coefficient (Wildman–Crippen LogP) is 2.84. The molecule has 0 fully saturated rings. The van der Waals surface area contributed by atoms with Crippen molar-refractivity contribution >= 4 is 0 Å². The minimum atomic E-state index is 0.383. The number of nitrogens with one attached hydrogen (secondary N) is 1. The molecule has 3 nitrogen and oxygen atoms in total. The van der Waals surface area contributed by atoms with E-state index in [-0.39, 0.29) is 0 Å². The Morgan fingerprint density at radius 3 is 2.05 bits per heavy atom. The fraction of sp³-hybridized carbons (Fsp3) is 0.667. The first-order valence-corrected chi connectivity index (χ1v) is 8.01. The first-order valence-electron chi connectivity index (χ1n) is 8.01. The molecule has 0 saturated heterocycles. The van der Waals surface area contributed by atoms with Gasteiger partial charge >= 0.3 is 0 Å². The third-order valence-corrected chi connectivity index (χ3v) is 4.07. The summed E-state index contributed by atoms with van der Waals surface area (Å²) in [7, 11) is 6.35. The van der Waals surface area contributed by atoms with E-state index in [2.05, 4.69) is 82.2 Å². The molecule has 0 aliphatic heterocycles. The van der Waals surface area contributed by atoms with Gasteiger partial charge in [0.1, 0.15) is 0 Å². The molecule has 120 valence electrons. The molecule has 0 radical (unpaired) electrons. The van der Waals surface area contributed by atoms with E-state index in [1.54, 1.807) is 0 Å². The van der Waals surface area contributed by atoms with Crippen LogP contribution in [0.3, 0.4) is 0 Å². The van der Waals surface area contributed by atoms with E-state index < -0.39 is 0 Å². The Hall–Kier alpha value is -0.900. The minimum absolute atomic E-state index is 0.383. The molecule has 2 unspecified atom stereocenters. The lowest BCUT2D eigenvalue weighted by Crippen LogP contribution is -2.43. The van der Waals surface area contributed by atoms with E-state index in [0.29, 0.717) is 12.1 Å². The molecule has 0 aromatic heterocycles. The van der Waals surface area contributed by atoms with Crippen molar-refractivity contribution in [3.8, 4) is 0 Å². The number of hydrogen-bond acceptors (Lipinski definition) is 3. The molecule has 0 bridgehead atoms. The molecular formula is C18H33N3. The molecule has 3 heteroatoms. The van der Waals surface area contributed by atoms with Gasteiger partial charge in [0, 0.05) is 25.2 Å². The maximum absolute atomic E-state index is 3.49. The van der Waals surface area contributed by atoms with Crippen molar-refractivity contribution in [2.24, 2.45) is 0 Å². The highest BCUT2D eigenvalue weighted by molar-refractivity contribution is 5.30. The lowest BCUT2D eigenvalue weighted by atomic mass is 10.0. The standard InChI is InChI=1S/C18H33N3/c1-8-21(16(4)12-20(6)7)13-18(19-5)17-10-14(2)9-15(3)11-17/h9-11,16,18-19H,8,12-13H2,1-7H3. The molecule has 21 heavy (non-hydrogen) atoms. The third kappa shape index (κ3) is 5.77. The van der Waals surface area contributed by atoms with Gasteiger partial charge in [-0.05, 0) is 54.0 Å². The molecule has 1 N–H and O–H groups in total. The van der Waals surface area contributed by atoms with Crippen molar-refractivity contribution in [2.75, 3.05) is 40.8 Å². The van der Waals surface area contributed by atoms with E-state index in [1.165, 1.54) is 16.7 Å². The van der Waals surface area contributed by atoms with Gasteiger partial charge in [0.05, 0.1) is 0 Å². The second-order valence-corrected chi connectivity index (χ2v) is 6.46. The van der Waals surface area contributed by atoms with Crippen molar-refractivity contribution in [2.45, 2.75) is 39.8 Å². The summed E-state index contributed by atoms with van der Waals surface area (Å²) in [5.41, 5.74) is 4.08. The quantitative estimate of drug-likeness (QED) is 0.794. The number of hydrogen-bond donors (Lipinski definition) is 1. The molecule has 1 aromatic carbocycles. The van der Waals surface area contributed by atoms with Crippen LogP contribution in [-0.4, -0.2) is 56.6 Å². The zero-order valence-electron chi connectivity index (χ0n) is 14.9. The van der Waals surface area contributed by atoms with Gasteiger partial charge in [-0.1, -0.05) is 36.2 Å². The Morgan fingerprint density at radius 1 is 1.05 bits per heavy atom. The van der Waals surface area contributed by atoms with Crippen molar-refractivity contribution in [3.05, 3.63) is 34.9 Å². The number of aryl methyl sites for hydroxylation is 2. The third-order valence-electron chi connectivity index (χ3n) is 4.07. The zero-order valence-corrected chi connectivity index (χ0v) is 14.9. The summed E-state index contributed by atoms with van der Waals surface area (Å²) in [5, 5.41) is 3.49. The number of rotatable bonds is 8. The monoisotopic (exact) mass is 291 g/mol. The van der Waals surface area contributed by atoms with Crippen LogP contribution in [0.5, 0.6) is 0 Å². The van der Waals surface area contributed by atoms with Crippen LogP contribution >= 0.6 is 0 Å². The maximum Gasteiger partial charge on any atom is 0.0447 e. The van der Waals surface area contributed by atoms with Crippen molar-refractivity contribution in [3.63, 3.8) is 0 Å². The second-order valence-electron chi connectivity index (χ2n) is 6.46. The summed E-state index contributed by atoms with van der Waals surface area (Å²) >= 11 is 0. The van der Waals surface area contributed by atoms with Gasteiger partial charge in [-0.25, -0.2) is 0 Å².